The van der Waals surface area contributed by atoms with Crippen LogP contribution in [-0.4, -0.2) is 37.3 Å². The number of hydrogen-bond donors (Lipinski definition) is 1. The molecule has 0 unspecified atom stereocenters. The number of aromatic amines is 1. The van der Waals surface area contributed by atoms with Crippen LogP contribution in [0.5, 0.6) is 0 Å². The first-order valence-electron chi connectivity index (χ1n) is 8.88. The van der Waals surface area contributed by atoms with Crippen molar-refractivity contribution in [1.29, 1.82) is 0 Å². The minimum absolute atomic E-state index is 0.0650. The highest BCUT2D eigenvalue weighted by molar-refractivity contribution is 7.10. The van der Waals surface area contributed by atoms with Crippen LogP contribution in [0.4, 0.5) is 0 Å². The van der Waals surface area contributed by atoms with Gasteiger partial charge in [0.2, 0.25) is 5.91 Å². The third kappa shape index (κ3) is 3.53. The maximum atomic E-state index is 12.9. The Morgan fingerprint density at radius 3 is 3.08 bits per heavy atom. The van der Waals surface area contributed by atoms with Gasteiger partial charge in [-0.1, -0.05) is 6.07 Å². The molecule has 1 N–H and O–H groups in total. The molecule has 0 aromatic carbocycles. The molecule has 1 aliphatic heterocycles. The molecule has 7 heteroatoms. The molecule has 1 fully saturated rings. The smallest absolute Gasteiger partial charge is 0.228 e. The first-order valence-corrected chi connectivity index (χ1v) is 9.76. The number of nitrogens with one attached hydrogen (secondary N) is 1. The van der Waals surface area contributed by atoms with Gasteiger partial charge < -0.3 is 9.88 Å². The summed E-state index contributed by atoms with van der Waals surface area (Å²) in [6.45, 7) is 2.72. The van der Waals surface area contributed by atoms with Crippen molar-refractivity contribution in [3.05, 3.63) is 52.4 Å². The lowest BCUT2D eigenvalue weighted by Crippen LogP contribution is -2.40. The summed E-state index contributed by atoms with van der Waals surface area (Å²) < 4.78 is 0. The minimum Gasteiger partial charge on any atom is -0.343 e. The van der Waals surface area contributed by atoms with E-state index >= 15 is 0 Å². The molecule has 1 aliphatic rings. The fraction of sp³-hybridized carbons (Fsp3) is 0.368. The Labute approximate surface area is 156 Å². The predicted octanol–water partition coefficient (Wildman–Crippen LogP) is 3.53. The van der Waals surface area contributed by atoms with Crippen LogP contribution in [0.25, 0.3) is 11.5 Å². The van der Waals surface area contributed by atoms with Crippen molar-refractivity contribution in [3.8, 4) is 11.5 Å². The van der Waals surface area contributed by atoms with Crippen molar-refractivity contribution >= 4 is 17.2 Å². The van der Waals surface area contributed by atoms with E-state index < -0.39 is 0 Å². The van der Waals surface area contributed by atoms with E-state index in [1.807, 2.05) is 35.4 Å². The monoisotopic (exact) mass is 367 g/mol. The summed E-state index contributed by atoms with van der Waals surface area (Å²) in [6.07, 6.45) is 6.96. The molecule has 3 aromatic heterocycles. The average molecular weight is 367 g/mol. The van der Waals surface area contributed by atoms with E-state index in [4.69, 9.17) is 4.98 Å². The number of hydrogen-bond acceptors (Lipinski definition) is 5. The number of thiophene rings is 1. The zero-order valence-electron chi connectivity index (χ0n) is 14.7. The van der Waals surface area contributed by atoms with Crippen molar-refractivity contribution < 1.29 is 4.79 Å². The molecule has 1 amide bonds. The van der Waals surface area contributed by atoms with E-state index in [-0.39, 0.29) is 11.9 Å². The number of piperidine rings is 1. The zero-order chi connectivity index (χ0) is 17.9. The minimum atomic E-state index is -0.0650. The molecule has 0 radical (unpaired) electrons. The molecule has 0 spiro atoms. The lowest BCUT2D eigenvalue weighted by Gasteiger charge is -2.35. The molecule has 1 saturated heterocycles. The summed E-state index contributed by atoms with van der Waals surface area (Å²) in [5.74, 6) is 1.60. The molecule has 1 atom stereocenters. The number of aromatic nitrogens is 4. The molecule has 26 heavy (non-hydrogen) atoms. The van der Waals surface area contributed by atoms with Crippen molar-refractivity contribution in [2.75, 3.05) is 6.54 Å². The van der Waals surface area contributed by atoms with Crippen LogP contribution in [0.1, 0.15) is 41.7 Å². The molecule has 0 bridgehead atoms. The van der Waals surface area contributed by atoms with E-state index in [1.165, 1.54) is 0 Å². The second-order valence-electron chi connectivity index (χ2n) is 6.55. The van der Waals surface area contributed by atoms with E-state index in [1.54, 1.807) is 23.7 Å². The number of H-pyrrole nitrogens is 1. The lowest BCUT2D eigenvalue weighted by molar-refractivity contribution is -0.134. The fourth-order valence-electron chi connectivity index (χ4n) is 3.43. The molecular formula is C19H21N5OS. The van der Waals surface area contributed by atoms with Gasteiger partial charge in [0.1, 0.15) is 5.69 Å². The number of nitrogens with zero attached hydrogens (tertiary/aromatic N) is 4. The Kier molecular flexibility index (Phi) is 4.79. The lowest BCUT2D eigenvalue weighted by atomic mass is 10.0. The van der Waals surface area contributed by atoms with Gasteiger partial charge in [-0.15, -0.1) is 11.3 Å². The highest BCUT2D eigenvalue weighted by Gasteiger charge is 2.30. The van der Waals surface area contributed by atoms with Crippen molar-refractivity contribution in [3.63, 3.8) is 0 Å². The van der Waals surface area contributed by atoms with Gasteiger partial charge in [-0.05, 0) is 43.7 Å². The standard InChI is InChI=1S/C19H21N5OS/c1-13-11-15(18-20-7-8-21-18)23-19(22-13)16-6-2-3-9-24(16)17(25)12-14-5-4-10-26-14/h4-5,7-8,10-11,16H,2-3,6,9,12H2,1H3,(H,20,21)/t16-/m1/s1. The molecule has 4 rings (SSSR count). The number of likely N-dealkylation sites (tertiary alicyclic amines) is 1. The van der Waals surface area contributed by atoms with Crippen LogP contribution in [0.15, 0.2) is 36.0 Å². The molecule has 3 aromatic rings. The number of aryl methyl sites for hydroxylation is 1. The molecule has 0 aliphatic carbocycles. The summed E-state index contributed by atoms with van der Waals surface area (Å²) in [7, 11) is 0. The Bertz CT molecular complexity index is 875. The third-order valence-corrected chi connectivity index (χ3v) is 5.52. The number of amides is 1. The van der Waals surface area contributed by atoms with Crippen LogP contribution in [0.3, 0.4) is 0 Å². The van der Waals surface area contributed by atoms with Crippen LogP contribution in [-0.2, 0) is 11.2 Å². The number of carbonyl (C=O) groups excluding carboxylic acids is 1. The maximum Gasteiger partial charge on any atom is 0.228 e. The normalized spacial score (nSPS) is 17.4. The second-order valence-corrected chi connectivity index (χ2v) is 7.58. The SMILES string of the molecule is Cc1cc(-c2ncc[nH]2)nc([C@H]2CCCCN2C(=O)Cc2cccs2)n1. The zero-order valence-corrected chi connectivity index (χ0v) is 15.5. The Hall–Kier alpha value is -2.54. The number of rotatable bonds is 4. The van der Waals surface area contributed by atoms with Crippen LogP contribution < -0.4 is 0 Å². The van der Waals surface area contributed by atoms with Crippen LogP contribution in [0.2, 0.25) is 0 Å². The topological polar surface area (TPSA) is 74.8 Å². The van der Waals surface area contributed by atoms with Crippen molar-refractivity contribution in [2.24, 2.45) is 0 Å². The van der Waals surface area contributed by atoms with Crippen molar-refractivity contribution in [1.82, 2.24) is 24.8 Å². The second kappa shape index (κ2) is 7.37. The summed E-state index contributed by atoms with van der Waals surface area (Å²) in [6, 6.07) is 5.85. The Morgan fingerprint density at radius 1 is 1.38 bits per heavy atom. The first-order chi connectivity index (χ1) is 12.7. The van der Waals surface area contributed by atoms with Gasteiger partial charge in [-0.2, -0.15) is 0 Å². The quantitative estimate of drug-likeness (QED) is 0.765. The summed E-state index contributed by atoms with van der Waals surface area (Å²) in [4.78, 5) is 32.7. The van der Waals surface area contributed by atoms with Gasteiger partial charge >= 0.3 is 0 Å². The Balaban J connectivity index is 1.63. The highest BCUT2D eigenvalue weighted by Crippen LogP contribution is 2.31. The highest BCUT2D eigenvalue weighted by atomic mass is 32.1. The van der Waals surface area contributed by atoms with Gasteiger partial charge in [0.15, 0.2) is 11.6 Å². The van der Waals surface area contributed by atoms with E-state index in [9.17, 15) is 4.79 Å². The van der Waals surface area contributed by atoms with Crippen molar-refractivity contribution in [2.45, 2.75) is 38.6 Å². The maximum absolute atomic E-state index is 12.9. The van der Waals surface area contributed by atoms with E-state index in [0.29, 0.717) is 6.42 Å². The van der Waals surface area contributed by atoms with Gasteiger partial charge in [0, 0.05) is 29.5 Å². The average Bonchev–Trinajstić information content (AvgIpc) is 3.35. The van der Waals surface area contributed by atoms with Gasteiger partial charge in [0.25, 0.3) is 0 Å². The van der Waals surface area contributed by atoms with E-state index in [2.05, 4.69) is 15.0 Å². The largest absolute Gasteiger partial charge is 0.343 e. The molecular weight excluding hydrogens is 346 g/mol. The third-order valence-electron chi connectivity index (χ3n) is 4.64. The Morgan fingerprint density at radius 2 is 2.31 bits per heavy atom. The molecule has 134 valence electrons. The summed E-state index contributed by atoms with van der Waals surface area (Å²) >= 11 is 1.62. The summed E-state index contributed by atoms with van der Waals surface area (Å²) in [5, 5.41) is 2.01. The van der Waals surface area contributed by atoms with E-state index in [0.717, 1.165) is 53.7 Å². The fourth-order valence-corrected chi connectivity index (χ4v) is 4.13. The summed E-state index contributed by atoms with van der Waals surface area (Å²) in [5.41, 5.74) is 1.66. The number of imidazole rings is 1. The number of carbonyl (C=O) groups is 1. The van der Waals surface area contributed by atoms with Gasteiger partial charge in [0.05, 0.1) is 12.5 Å². The van der Waals surface area contributed by atoms with Crippen LogP contribution in [0, 0.1) is 6.92 Å². The first kappa shape index (κ1) is 16.9. The molecule has 4 heterocycles. The predicted molar refractivity (Wildman–Crippen MR) is 101 cm³/mol. The van der Waals surface area contributed by atoms with Gasteiger partial charge in [-0.25, -0.2) is 15.0 Å². The van der Waals surface area contributed by atoms with Crippen LogP contribution >= 0.6 is 11.3 Å². The molecule has 0 saturated carbocycles. The van der Waals surface area contributed by atoms with Gasteiger partial charge in [-0.3, -0.25) is 4.79 Å². The molecule has 6 nitrogen and oxygen atoms in total.